The average Bonchev–Trinajstić information content (AvgIpc) is 2.98. The van der Waals surface area contributed by atoms with Gasteiger partial charge < -0.3 is 9.47 Å². The minimum atomic E-state index is -4.34. The van der Waals surface area contributed by atoms with Gasteiger partial charge in [-0.3, -0.25) is 4.79 Å². The summed E-state index contributed by atoms with van der Waals surface area (Å²) in [6.07, 6.45) is -0.450. The fourth-order valence-electron chi connectivity index (χ4n) is 2.81. The van der Waals surface area contributed by atoms with Crippen LogP contribution >= 0.6 is 0 Å². The first-order valence-corrected chi connectivity index (χ1v) is 9.03. The SMILES string of the molecule is CC(C)CC(=O)N(Cc1nccn1Cc1ccc(C(F)(F)F)cc1)C(C)C. The van der Waals surface area contributed by atoms with E-state index in [9.17, 15) is 18.0 Å². The van der Waals surface area contributed by atoms with Gasteiger partial charge in [-0.05, 0) is 37.5 Å². The number of nitrogens with zero attached hydrogens (tertiary/aromatic N) is 3. The van der Waals surface area contributed by atoms with E-state index in [0.29, 0.717) is 25.3 Å². The highest BCUT2D eigenvalue weighted by molar-refractivity contribution is 5.76. The zero-order chi connectivity index (χ0) is 20.2. The molecule has 1 aromatic heterocycles. The number of hydrogen-bond donors (Lipinski definition) is 0. The quantitative estimate of drug-likeness (QED) is 0.695. The molecule has 0 unspecified atom stereocenters. The number of halogens is 3. The second kappa shape index (κ2) is 8.59. The summed E-state index contributed by atoms with van der Waals surface area (Å²) in [6.45, 7) is 8.70. The highest BCUT2D eigenvalue weighted by Crippen LogP contribution is 2.29. The molecule has 0 fully saturated rings. The third kappa shape index (κ3) is 5.84. The molecule has 2 aromatic rings. The van der Waals surface area contributed by atoms with E-state index in [1.165, 1.54) is 12.1 Å². The van der Waals surface area contributed by atoms with Crippen LogP contribution in [0.5, 0.6) is 0 Å². The van der Waals surface area contributed by atoms with E-state index in [1.807, 2.05) is 32.3 Å². The lowest BCUT2D eigenvalue weighted by molar-refractivity contribution is -0.137. The average molecular weight is 381 g/mol. The van der Waals surface area contributed by atoms with Crippen molar-refractivity contribution >= 4 is 5.91 Å². The maximum absolute atomic E-state index is 12.7. The van der Waals surface area contributed by atoms with E-state index in [-0.39, 0.29) is 17.9 Å². The lowest BCUT2D eigenvalue weighted by Crippen LogP contribution is -2.37. The normalized spacial score (nSPS) is 12.0. The Labute approximate surface area is 158 Å². The third-order valence-corrected chi connectivity index (χ3v) is 4.27. The van der Waals surface area contributed by atoms with Crippen molar-refractivity contribution in [1.29, 1.82) is 0 Å². The van der Waals surface area contributed by atoms with Crippen LogP contribution in [0, 0.1) is 5.92 Å². The summed E-state index contributed by atoms with van der Waals surface area (Å²) in [7, 11) is 0. The van der Waals surface area contributed by atoms with E-state index in [1.54, 1.807) is 17.3 Å². The first-order valence-electron chi connectivity index (χ1n) is 9.03. The third-order valence-electron chi connectivity index (χ3n) is 4.27. The molecule has 1 aromatic carbocycles. The van der Waals surface area contributed by atoms with E-state index >= 15 is 0 Å². The molecule has 0 radical (unpaired) electrons. The lowest BCUT2D eigenvalue weighted by Gasteiger charge is -2.27. The molecule has 0 aliphatic rings. The zero-order valence-electron chi connectivity index (χ0n) is 16.1. The van der Waals surface area contributed by atoms with Gasteiger partial charge in [0, 0.05) is 31.4 Å². The van der Waals surface area contributed by atoms with Crippen LogP contribution in [-0.2, 0) is 24.1 Å². The Morgan fingerprint density at radius 1 is 1.15 bits per heavy atom. The highest BCUT2D eigenvalue weighted by Gasteiger charge is 2.30. The van der Waals surface area contributed by atoms with Gasteiger partial charge in [-0.15, -0.1) is 0 Å². The zero-order valence-corrected chi connectivity index (χ0v) is 16.1. The summed E-state index contributed by atoms with van der Waals surface area (Å²) in [6, 6.07) is 5.14. The number of carbonyl (C=O) groups excluding carboxylic acids is 1. The number of imidazole rings is 1. The summed E-state index contributed by atoms with van der Waals surface area (Å²) < 4.78 is 39.9. The number of rotatable bonds is 7. The topological polar surface area (TPSA) is 38.1 Å². The van der Waals surface area contributed by atoms with Gasteiger partial charge in [0.2, 0.25) is 5.91 Å². The van der Waals surface area contributed by atoms with Crippen molar-refractivity contribution in [2.75, 3.05) is 0 Å². The fraction of sp³-hybridized carbons (Fsp3) is 0.500. The van der Waals surface area contributed by atoms with Crippen LogP contribution in [0.1, 0.15) is 51.1 Å². The van der Waals surface area contributed by atoms with E-state index in [0.717, 1.165) is 17.7 Å². The fourth-order valence-corrected chi connectivity index (χ4v) is 2.81. The van der Waals surface area contributed by atoms with Crippen LogP contribution in [0.4, 0.5) is 13.2 Å². The molecule has 1 amide bonds. The standard InChI is InChI=1S/C20H26F3N3O/c1-14(2)11-19(27)26(15(3)4)13-18-24-9-10-25(18)12-16-5-7-17(8-6-16)20(21,22)23/h5-10,14-15H,11-13H2,1-4H3. The predicted octanol–water partition coefficient (Wildman–Crippen LogP) is 4.73. The lowest BCUT2D eigenvalue weighted by atomic mass is 10.1. The van der Waals surface area contributed by atoms with Crippen molar-refractivity contribution < 1.29 is 18.0 Å². The van der Waals surface area contributed by atoms with Gasteiger partial charge in [0.05, 0.1) is 12.1 Å². The van der Waals surface area contributed by atoms with Gasteiger partial charge >= 0.3 is 6.18 Å². The van der Waals surface area contributed by atoms with Crippen LogP contribution in [0.25, 0.3) is 0 Å². The second-order valence-electron chi connectivity index (χ2n) is 7.38. The molecule has 0 aliphatic carbocycles. The first kappa shape index (κ1) is 21.0. The van der Waals surface area contributed by atoms with Gasteiger partial charge in [0.15, 0.2) is 0 Å². The van der Waals surface area contributed by atoms with Crippen LogP contribution in [0.3, 0.4) is 0 Å². The van der Waals surface area contributed by atoms with E-state index < -0.39 is 11.7 Å². The largest absolute Gasteiger partial charge is 0.416 e. The number of benzene rings is 1. The predicted molar refractivity (Wildman–Crippen MR) is 97.9 cm³/mol. The Kier molecular flexibility index (Phi) is 6.68. The molecule has 2 rings (SSSR count). The highest BCUT2D eigenvalue weighted by atomic mass is 19.4. The van der Waals surface area contributed by atoms with Crippen LogP contribution in [-0.4, -0.2) is 26.4 Å². The van der Waals surface area contributed by atoms with Gasteiger partial charge in [0.25, 0.3) is 0 Å². The molecule has 4 nitrogen and oxygen atoms in total. The maximum atomic E-state index is 12.7. The summed E-state index contributed by atoms with van der Waals surface area (Å²) in [4.78, 5) is 18.6. The van der Waals surface area contributed by atoms with Gasteiger partial charge in [0.1, 0.15) is 5.82 Å². The van der Waals surface area contributed by atoms with Gasteiger partial charge in [-0.1, -0.05) is 26.0 Å². The molecule has 0 bridgehead atoms. The molecule has 7 heteroatoms. The van der Waals surface area contributed by atoms with E-state index in [4.69, 9.17) is 0 Å². The molecule has 0 saturated carbocycles. The Hall–Kier alpha value is -2.31. The van der Waals surface area contributed by atoms with Crippen molar-refractivity contribution in [2.24, 2.45) is 5.92 Å². The monoisotopic (exact) mass is 381 g/mol. The minimum Gasteiger partial charge on any atom is -0.333 e. The van der Waals surface area contributed by atoms with Crippen molar-refractivity contribution in [1.82, 2.24) is 14.5 Å². The Morgan fingerprint density at radius 2 is 1.78 bits per heavy atom. The Bertz CT molecular complexity index is 749. The number of aromatic nitrogens is 2. The van der Waals surface area contributed by atoms with Crippen LogP contribution < -0.4 is 0 Å². The smallest absolute Gasteiger partial charge is 0.333 e. The molecule has 27 heavy (non-hydrogen) atoms. The van der Waals surface area contributed by atoms with Gasteiger partial charge in [-0.2, -0.15) is 13.2 Å². The molecular weight excluding hydrogens is 355 g/mol. The minimum absolute atomic E-state index is 0.0347. The Balaban J connectivity index is 2.13. The summed E-state index contributed by atoms with van der Waals surface area (Å²) in [5, 5.41) is 0. The van der Waals surface area contributed by atoms with Gasteiger partial charge in [-0.25, -0.2) is 4.98 Å². The number of hydrogen-bond acceptors (Lipinski definition) is 2. The molecule has 148 valence electrons. The Morgan fingerprint density at radius 3 is 2.30 bits per heavy atom. The molecule has 1 heterocycles. The number of carbonyl (C=O) groups is 1. The molecule has 0 aliphatic heterocycles. The van der Waals surface area contributed by atoms with Crippen molar-refractivity contribution in [2.45, 2.75) is 59.4 Å². The van der Waals surface area contributed by atoms with Crippen LogP contribution in [0.2, 0.25) is 0 Å². The molecule has 0 atom stereocenters. The van der Waals surface area contributed by atoms with E-state index in [2.05, 4.69) is 4.98 Å². The number of amides is 1. The first-order chi connectivity index (χ1) is 12.6. The molecular formula is C20H26F3N3O. The summed E-state index contributed by atoms with van der Waals surface area (Å²) >= 11 is 0. The molecule has 0 N–H and O–H groups in total. The van der Waals surface area contributed by atoms with Crippen molar-refractivity contribution in [3.05, 3.63) is 53.6 Å². The molecule has 0 spiro atoms. The summed E-state index contributed by atoms with van der Waals surface area (Å²) in [5.41, 5.74) is 0.0780. The second-order valence-corrected chi connectivity index (χ2v) is 7.38. The van der Waals surface area contributed by atoms with Crippen molar-refractivity contribution in [3.63, 3.8) is 0 Å². The molecule has 0 saturated heterocycles. The number of alkyl halides is 3. The van der Waals surface area contributed by atoms with Crippen molar-refractivity contribution in [3.8, 4) is 0 Å². The van der Waals surface area contributed by atoms with Crippen LogP contribution in [0.15, 0.2) is 36.7 Å². The summed E-state index contributed by atoms with van der Waals surface area (Å²) in [5.74, 6) is 1.05. The maximum Gasteiger partial charge on any atom is 0.416 e.